The first kappa shape index (κ1) is 46.9. The predicted molar refractivity (Wildman–Crippen MR) is 213 cm³/mol. The van der Waals surface area contributed by atoms with Crippen LogP contribution < -0.4 is 0 Å². The summed E-state index contributed by atoms with van der Waals surface area (Å²) >= 11 is 0. The zero-order chi connectivity index (χ0) is 33.8. The van der Waals surface area contributed by atoms with Gasteiger partial charge in [-0.25, -0.2) is 0 Å². The Morgan fingerprint density at radius 3 is 0.234 bits per heavy atom. The van der Waals surface area contributed by atoms with Gasteiger partial charge in [-0.1, -0.05) is 263 Å². The highest BCUT2D eigenvalue weighted by atomic mass is 16.3. The second-order valence-corrected chi connectivity index (χ2v) is 15.7. The van der Waals surface area contributed by atoms with Crippen LogP contribution in [0.15, 0.2) is 0 Å². The molecule has 0 spiro atoms. The van der Waals surface area contributed by atoms with Crippen molar-refractivity contribution < 1.29 is 10.2 Å². The summed E-state index contributed by atoms with van der Waals surface area (Å²) in [5, 5.41) is 17.6. The molecule has 0 aliphatic heterocycles. The summed E-state index contributed by atoms with van der Waals surface area (Å²) in [5.74, 6) is 0. The molecule has 0 unspecified atom stereocenters. The van der Waals surface area contributed by atoms with E-state index >= 15 is 0 Å². The lowest BCUT2D eigenvalue weighted by atomic mass is 10.0. The van der Waals surface area contributed by atoms with E-state index < -0.39 is 0 Å². The Labute approximate surface area is 298 Å². The first-order valence-electron chi connectivity index (χ1n) is 22.6. The number of unbranched alkanes of at least 4 members (excludes halogenated alkanes) is 42. The van der Waals surface area contributed by atoms with E-state index in [1.54, 1.807) is 0 Å². The van der Waals surface area contributed by atoms with Crippen molar-refractivity contribution >= 4 is 0 Å². The molecule has 0 heterocycles. The van der Waals surface area contributed by atoms with Crippen LogP contribution in [0.25, 0.3) is 0 Å². The Kier molecular flexibility index (Phi) is 45.8. The molecule has 0 aliphatic rings. The maximum Gasteiger partial charge on any atom is 0.0431 e. The molecule has 0 saturated carbocycles. The lowest BCUT2D eigenvalue weighted by Gasteiger charge is -2.05. The molecule has 0 saturated heterocycles. The minimum atomic E-state index is 0.373. The van der Waals surface area contributed by atoms with Gasteiger partial charge in [-0.15, -0.1) is 0 Å². The van der Waals surface area contributed by atoms with Gasteiger partial charge in [0.25, 0.3) is 0 Å². The minimum absolute atomic E-state index is 0.373. The highest BCUT2D eigenvalue weighted by Gasteiger charge is 1.98. The number of hydrogen-bond donors (Lipinski definition) is 2. The topological polar surface area (TPSA) is 40.5 Å². The second-order valence-electron chi connectivity index (χ2n) is 15.7. The summed E-state index contributed by atoms with van der Waals surface area (Å²) in [7, 11) is 0. The molecule has 0 rings (SSSR count). The monoisotopic (exact) mass is 665 g/mol. The maximum absolute atomic E-state index is 8.81. The molecular weight excluding hydrogens is 572 g/mol. The number of hydrogen-bond acceptors (Lipinski definition) is 2. The Morgan fingerprint density at radius 2 is 0.170 bits per heavy atom. The van der Waals surface area contributed by atoms with Gasteiger partial charge in [-0.05, 0) is 12.8 Å². The van der Waals surface area contributed by atoms with E-state index in [4.69, 9.17) is 10.2 Å². The summed E-state index contributed by atoms with van der Waals surface area (Å²) in [4.78, 5) is 0. The second kappa shape index (κ2) is 45.9. The molecule has 0 atom stereocenters. The highest BCUT2D eigenvalue weighted by molar-refractivity contribution is 4.54. The van der Waals surface area contributed by atoms with E-state index in [9.17, 15) is 0 Å². The molecule has 0 bridgehead atoms. The van der Waals surface area contributed by atoms with Crippen LogP contribution in [0.2, 0.25) is 0 Å². The fraction of sp³-hybridized carbons (Fsp3) is 1.00. The zero-order valence-electron chi connectivity index (χ0n) is 32.7. The predicted octanol–water partition coefficient (Wildman–Crippen LogP) is 15.7. The first-order chi connectivity index (χ1) is 23.4. The third-order valence-corrected chi connectivity index (χ3v) is 10.8. The summed E-state index contributed by atoms with van der Waals surface area (Å²) < 4.78 is 0. The summed E-state index contributed by atoms with van der Waals surface area (Å²) in [6.45, 7) is 0.746. The van der Waals surface area contributed by atoms with E-state index in [2.05, 4.69) is 0 Å². The lowest BCUT2D eigenvalue weighted by Crippen LogP contribution is -1.85. The van der Waals surface area contributed by atoms with Crippen molar-refractivity contribution in [2.45, 2.75) is 276 Å². The SMILES string of the molecule is OCCCCCCCCCCCCCCCCCCCCCCCCCCCCCCCCCCCCCCCCCCCCCO. The smallest absolute Gasteiger partial charge is 0.0431 e. The first-order valence-corrected chi connectivity index (χ1v) is 22.6. The van der Waals surface area contributed by atoms with Crippen molar-refractivity contribution in [1.29, 1.82) is 0 Å². The molecule has 0 amide bonds. The zero-order valence-corrected chi connectivity index (χ0v) is 32.7. The minimum Gasteiger partial charge on any atom is -0.396 e. The van der Waals surface area contributed by atoms with Crippen molar-refractivity contribution in [2.24, 2.45) is 0 Å². The van der Waals surface area contributed by atoms with Crippen LogP contribution in [0, 0.1) is 0 Å². The maximum atomic E-state index is 8.81. The van der Waals surface area contributed by atoms with E-state index in [0.29, 0.717) is 13.2 Å². The molecule has 0 aliphatic carbocycles. The lowest BCUT2D eigenvalue weighted by molar-refractivity contribution is 0.282. The number of aliphatic hydroxyl groups is 2. The van der Waals surface area contributed by atoms with Crippen molar-refractivity contribution in [3.8, 4) is 0 Å². The van der Waals surface area contributed by atoms with Gasteiger partial charge in [0.15, 0.2) is 0 Å². The molecule has 2 N–H and O–H groups in total. The molecule has 0 aromatic carbocycles. The van der Waals surface area contributed by atoms with Crippen LogP contribution in [0.4, 0.5) is 0 Å². The van der Waals surface area contributed by atoms with Gasteiger partial charge in [0.1, 0.15) is 0 Å². The van der Waals surface area contributed by atoms with E-state index in [-0.39, 0.29) is 0 Å². The summed E-state index contributed by atoms with van der Waals surface area (Å²) in [5.41, 5.74) is 0. The van der Waals surface area contributed by atoms with Crippen LogP contribution in [-0.4, -0.2) is 23.4 Å². The van der Waals surface area contributed by atoms with Crippen molar-refractivity contribution in [3.05, 3.63) is 0 Å². The fourth-order valence-corrected chi connectivity index (χ4v) is 7.47. The van der Waals surface area contributed by atoms with Crippen molar-refractivity contribution in [3.63, 3.8) is 0 Å². The Hall–Kier alpha value is -0.0800. The fourth-order valence-electron chi connectivity index (χ4n) is 7.47. The number of aliphatic hydroxyl groups excluding tert-OH is 2. The highest BCUT2D eigenvalue weighted by Crippen LogP contribution is 2.18. The van der Waals surface area contributed by atoms with Gasteiger partial charge in [0, 0.05) is 13.2 Å². The van der Waals surface area contributed by atoms with Gasteiger partial charge in [0.05, 0.1) is 0 Å². The Bertz CT molecular complexity index is 462. The van der Waals surface area contributed by atoms with Crippen LogP contribution in [0.3, 0.4) is 0 Å². The van der Waals surface area contributed by atoms with E-state index in [0.717, 1.165) is 12.8 Å². The van der Waals surface area contributed by atoms with E-state index in [1.807, 2.05) is 0 Å². The van der Waals surface area contributed by atoms with Crippen LogP contribution in [-0.2, 0) is 0 Å². The molecule has 0 radical (unpaired) electrons. The third kappa shape index (κ3) is 45.9. The Morgan fingerprint density at radius 1 is 0.106 bits per heavy atom. The third-order valence-electron chi connectivity index (χ3n) is 10.8. The van der Waals surface area contributed by atoms with Crippen LogP contribution in [0.1, 0.15) is 276 Å². The largest absolute Gasteiger partial charge is 0.396 e. The van der Waals surface area contributed by atoms with Crippen LogP contribution in [0.5, 0.6) is 0 Å². The molecule has 2 nitrogen and oxygen atoms in total. The molecule has 0 fully saturated rings. The normalized spacial score (nSPS) is 11.6. The van der Waals surface area contributed by atoms with Gasteiger partial charge in [-0.3, -0.25) is 0 Å². The van der Waals surface area contributed by atoms with Gasteiger partial charge < -0.3 is 10.2 Å². The summed E-state index contributed by atoms with van der Waals surface area (Å²) in [6, 6.07) is 0. The average Bonchev–Trinajstić information content (AvgIpc) is 3.08. The van der Waals surface area contributed by atoms with Crippen molar-refractivity contribution in [1.82, 2.24) is 0 Å². The quantitative estimate of drug-likeness (QED) is 0.0636. The van der Waals surface area contributed by atoms with Gasteiger partial charge in [-0.2, -0.15) is 0 Å². The summed E-state index contributed by atoms with van der Waals surface area (Å²) in [6.07, 6.45) is 61.1. The standard InChI is InChI=1S/C45H92O2/c46-44-42-40-38-36-34-32-30-28-26-24-22-20-18-16-14-12-10-8-6-4-2-1-3-5-7-9-11-13-15-17-19-21-23-25-27-29-31-33-35-37-39-41-43-45-47/h46-47H,1-45H2. The molecule has 0 aromatic heterocycles. The number of rotatable bonds is 44. The van der Waals surface area contributed by atoms with Crippen molar-refractivity contribution in [2.75, 3.05) is 13.2 Å². The molecule has 47 heavy (non-hydrogen) atoms. The average molecular weight is 665 g/mol. The molecule has 284 valence electrons. The van der Waals surface area contributed by atoms with Gasteiger partial charge in [0.2, 0.25) is 0 Å². The molecular formula is C45H92O2. The van der Waals surface area contributed by atoms with Crippen LogP contribution >= 0.6 is 0 Å². The van der Waals surface area contributed by atoms with Gasteiger partial charge >= 0.3 is 0 Å². The molecule has 2 heteroatoms. The molecule has 0 aromatic rings. The van der Waals surface area contributed by atoms with E-state index in [1.165, 1.54) is 263 Å². The Balaban J connectivity index is 3.03.